The molecule has 0 radical (unpaired) electrons. The van der Waals surface area contributed by atoms with Crippen molar-refractivity contribution in [1.82, 2.24) is 0 Å². The Kier molecular flexibility index (Phi) is 49.1. The second-order valence-electron chi connectivity index (χ2n) is 11.7. The molecule has 0 unspecified atom stereocenters. The molecular formula is C39H69NaO6. The number of carbonyl (C=O) groups is 2. The summed E-state index contributed by atoms with van der Waals surface area (Å²) >= 11 is 0. The van der Waals surface area contributed by atoms with Crippen LogP contribution in [0.25, 0.3) is 0 Å². The van der Waals surface area contributed by atoms with Crippen LogP contribution < -0.4 is 34.7 Å². The molecule has 0 aliphatic rings. The summed E-state index contributed by atoms with van der Waals surface area (Å²) in [5.74, 6) is -1.06. The zero-order valence-corrected chi connectivity index (χ0v) is 31.9. The van der Waals surface area contributed by atoms with Gasteiger partial charge in [0.15, 0.2) is 0 Å². The van der Waals surface area contributed by atoms with Crippen molar-refractivity contribution in [2.24, 2.45) is 0 Å². The molecule has 0 aliphatic heterocycles. The van der Waals surface area contributed by atoms with Gasteiger partial charge in [-0.1, -0.05) is 87.1 Å². The minimum Gasteiger partial charge on any atom is -0.550 e. The van der Waals surface area contributed by atoms with Crippen LogP contribution in [-0.2, 0) is 14.3 Å². The summed E-state index contributed by atoms with van der Waals surface area (Å²) < 4.78 is 4.60. The molecule has 0 saturated carbocycles. The second-order valence-corrected chi connectivity index (χ2v) is 11.7. The van der Waals surface area contributed by atoms with Gasteiger partial charge in [0.05, 0.1) is 7.11 Å². The molecule has 0 aromatic heterocycles. The van der Waals surface area contributed by atoms with Gasteiger partial charge in [-0.15, -0.1) is 0 Å². The predicted octanol–water partition coefficient (Wildman–Crippen LogP) is 6.25. The van der Waals surface area contributed by atoms with Gasteiger partial charge in [-0.2, -0.15) is 0 Å². The van der Waals surface area contributed by atoms with Crippen LogP contribution in [0.3, 0.4) is 0 Å². The Morgan fingerprint density at radius 3 is 1.00 bits per heavy atom. The minimum absolute atomic E-state index is 0. The molecule has 0 heterocycles. The van der Waals surface area contributed by atoms with E-state index in [-0.39, 0.29) is 41.9 Å². The molecule has 0 bridgehead atoms. The molecule has 0 aliphatic carbocycles. The van der Waals surface area contributed by atoms with Crippen molar-refractivity contribution in [3.05, 3.63) is 48.6 Å². The van der Waals surface area contributed by atoms with Crippen LogP contribution in [0, 0.1) is 0 Å². The zero-order valence-electron chi connectivity index (χ0n) is 29.9. The van der Waals surface area contributed by atoms with E-state index in [1.807, 2.05) is 0 Å². The normalized spacial score (nSPS) is 11.4. The molecule has 6 nitrogen and oxygen atoms in total. The zero-order chi connectivity index (χ0) is 33.3. The number of hydrogen-bond donors (Lipinski definition) is 2. The quantitative estimate of drug-likeness (QED) is 0.0384. The Bertz CT molecular complexity index is 732. The topological polar surface area (TPSA) is 107 Å². The summed E-state index contributed by atoms with van der Waals surface area (Å²) in [4.78, 5) is 21.1. The summed E-state index contributed by atoms with van der Waals surface area (Å²) in [5.41, 5.74) is 0. The van der Waals surface area contributed by atoms with E-state index >= 15 is 0 Å². The van der Waals surface area contributed by atoms with Gasteiger partial charge in [0.25, 0.3) is 0 Å². The first-order chi connectivity index (χ1) is 22.1. The van der Waals surface area contributed by atoms with E-state index in [0.29, 0.717) is 26.1 Å². The number of unbranched alkanes of at least 4 members (excludes halogenated alkanes) is 18. The number of aliphatic hydroxyl groups excluding tert-OH is 2. The van der Waals surface area contributed by atoms with E-state index in [1.54, 1.807) is 0 Å². The van der Waals surface area contributed by atoms with Crippen LogP contribution in [0.5, 0.6) is 0 Å². The van der Waals surface area contributed by atoms with Crippen LogP contribution in [0.15, 0.2) is 48.6 Å². The monoisotopic (exact) mass is 656 g/mol. The molecule has 0 fully saturated rings. The average Bonchev–Trinajstić information content (AvgIpc) is 3.04. The summed E-state index contributed by atoms with van der Waals surface area (Å²) in [6.07, 6.45) is 45.6. The van der Waals surface area contributed by atoms with Gasteiger partial charge in [0, 0.05) is 25.6 Å². The van der Waals surface area contributed by atoms with Crippen molar-refractivity contribution in [1.29, 1.82) is 0 Å². The minimum atomic E-state index is -0.951. The van der Waals surface area contributed by atoms with Crippen LogP contribution in [0.4, 0.5) is 0 Å². The number of aliphatic carboxylic acids is 1. The fraction of sp³-hybridized carbons (Fsp3) is 0.744. The average molecular weight is 657 g/mol. The van der Waals surface area contributed by atoms with Crippen molar-refractivity contribution in [2.45, 2.75) is 167 Å². The summed E-state index contributed by atoms with van der Waals surface area (Å²) in [5, 5.41) is 27.5. The number of hydrogen-bond acceptors (Lipinski definition) is 6. The summed E-state index contributed by atoms with van der Waals surface area (Å²) in [7, 11) is 1.44. The van der Waals surface area contributed by atoms with Gasteiger partial charge in [0.2, 0.25) is 0 Å². The predicted molar refractivity (Wildman–Crippen MR) is 188 cm³/mol. The van der Waals surface area contributed by atoms with Gasteiger partial charge >= 0.3 is 35.5 Å². The SMILES string of the molecule is COC(=O)CCC/C=C\CCCCCCC/C=C\CCCCO.O=C([O-])CCC/C=C\CCCCCCC/C=C\CCCCO.[Na+]. The van der Waals surface area contributed by atoms with Crippen molar-refractivity contribution in [2.75, 3.05) is 20.3 Å². The number of aliphatic hydroxyl groups is 2. The maximum atomic E-state index is 10.9. The van der Waals surface area contributed by atoms with Crippen LogP contribution in [0.2, 0.25) is 0 Å². The Balaban J connectivity index is -0.000000788. The molecule has 0 saturated heterocycles. The van der Waals surface area contributed by atoms with Gasteiger partial charge in [0.1, 0.15) is 0 Å². The number of ether oxygens (including phenoxy) is 1. The second kappa shape index (κ2) is 45.9. The molecule has 0 aromatic rings. The van der Waals surface area contributed by atoms with Crippen molar-refractivity contribution < 1.29 is 59.2 Å². The summed E-state index contributed by atoms with van der Waals surface area (Å²) in [6, 6.07) is 0. The maximum Gasteiger partial charge on any atom is 1.00 e. The number of carboxylic acids is 1. The standard InChI is InChI=1S/C20H36O3.C19H34O3.Na/c1-23-20(22)18-16-14-12-10-8-6-4-2-3-5-7-9-11-13-15-17-19-21;20-18-16-14-12-10-8-6-4-2-1-3-5-7-9-11-13-15-17-19(21)22;/h9-12,21H,2-8,13-19H2,1H3;8-11,20H,1-7,12-18H2,(H,21,22);/q;;+1/p-1/b11-9-,12-10-;10-8-,11-9-;. The number of methoxy groups -OCH3 is 1. The van der Waals surface area contributed by atoms with E-state index in [9.17, 15) is 14.7 Å². The first-order valence-corrected chi connectivity index (χ1v) is 18.2. The van der Waals surface area contributed by atoms with Crippen molar-refractivity contribution in [3.8, 4) is 0 Å². The Morgan fingerprint density at radius 2 is 0.717 bits per heavy atom. The molecule has 0 amide bonds. The Morgan fingerprint density at radius 1 is 0.457 bits per heavy atom. The van der Waals surface area contributed by atoms with Gasteiger partial charge in [-0.25, -0.2) is 0 Å². The Labute approximate surface area is 305 Å². The number of carbonyl (C=O) groups excluding carboxylic acids is 2. The van der Waals surface area contributed by atoms with E-state index in [4.69, 9.17) is 10.2 Å². The van der Waals surface area contributed by atoms with E-state index in [2.05, 4.69) is 53.3 Å². The van der Waals surface area contributed by atoms with E-state index in [1.165, 1.54) is 84.2 Å². The smallest absolute Gasteiger partial charge is 0.550 e. The first kappa shape index (κ1) is 49.2. The molecule has 0 aromatic carbocycles. The molecule has 0 spiro atoms. The van der Waals surface area contributed by atoms with Crippen molar-refractivity contribution >= 4 is 11.9 Å². The first-order valence-electron chi connectivity index (χ1n) is 18.2. The molecule has 0 atom stereocenters. The third-order valence-electron chi connectivity index (χ3n) is 7.44. The van der Waals surface area contributed by atoms with Crippen molar-refractivity contribution in [3.63, 3.8) is 0 Å². The molecule has 0 rings (SSSR count). The Hall–Kier alpha value is -1.18. The molecule has 262 valence electrons. The maximum absolute atomic E-state index is 10.9. The van der Waals surface area contributed by atoms with E-state index in [0.717, 1.165) is 70.6 Å². The van der Waals surface area contributed by atoms with E-state index < -0.39 is 5.97 Å². The van der Waals surface area contributed by atoms with Gasteiger partial charge in [-0.3, -0.25) is 4.79 Å². The number of allylic oxidation sites excluding steroid dienone is 8. The van der Waals surface area contributed by atoms with Crippen LogP contribution in [-0.4, -0.2) is 42.5 Å². The third kappa shape index (κ3) is 49.7. The third-order valence-corrected chi connectivity index (χ3v) is 7.44. The fourth-order valence-electron chi connectivity index (χ4n) is 4.63. The molecule has 46 heavy (non-hydrogen) atoms. The van der Waals surface area contributed by atoms with Crippen LogP contribution >= 0.6 is 0 Å². The number of esters is 1. The van der Waals surface area contributed by atoms with Gasteiger partial charge < -0.3 is 24.9 Å². The fourth-order valence-corrected chi connectivity index (χ4v) is 4.63. The van der Waals surface area contributed by atoms with Crippen LogP contribution in [0.1, 0.15) is 167 Å². The molecule has 2 N–H and O–H groups in total. The number of rotatable bonds is 32. The van der Waals surface area contributed by atoms with Gasteiger partial charge in [-0.05, 0) is 122 Å². The molecule has 7 heteroatoms. The largest absolute Gasteiger partial charge is 1.00 e. The number of carboxylic acid groups (broad SMARTS) is 1. The molecular weight excluding hydrogens is 587 g/mol. The summed E-state index contributed by atoms with van der Waals surface area (Å²) in [6.45, 7) is 0.624.